The molecule has 6 atom stereocenters. The smallest absolute Gasteiger partial charge is 0.289 e. The molecule has 0 unspecified atom stereocenters. The quantitative estimate of drug-likeness (QED) is 0.246. The number of aryl methyl sites for hydroxylation is 1. The summed E-state index contributed by atoms with van der Waals surface area (Å²) in [6.45, 7) is 9.53. The van der Waals surface area contributed by atoms with E-state index in [0.717, 1.165) is 24.0 Å². The molecule has 3 N–H and O–H groups in total. The lowest BCUT2D eigenvalue weighted by Gasteiger charge is -2.35. The van der Waals surface area contributed by atoms with Gasteiger partial charge in [-0.15, -0.1) is 0 Å². The molecule has 13 heteroatoms. The number of rotatable bonds is 14. The van der Waals surface area contributed by atoms with E-state index >= 15 is 0 Å². The van der Waals surface area contributed by atoms with Crippen LogP contribution in [0.1, 0.15) is 88.8 Å². The molecule has 2 aliphatic heterocycles. The van der Waals surface area contributed by atoms with Crippen LogP contribution in [0.4, 0.5) is 0 Å². The van der Waals surface area contributed by atoms with Gasteiger partial charge >= 0.3 is 0 Å². The zero-order valence-electron chi connectivity index (χ0n) is 32.3. The Morgan fingerprint density at radius 1 is 1.00 bits per heavy atom. The molecule has 4 aliphatic rings. The van der Waals surface area contributed by atoms with Gasteiger partial charge in [0.2, 0.25) is 23.5 Å². The fourth-order valence-electron chi connectivity index (χ4n) is 7.77. The predicted octanol–water partition coefficient (Wildman–Crippen LogP) is 3.80. The Bertz CT molecular complexity index is 1820. The van der Waals surface area contributed by atoms with Gasteiger partial charge in [-0.2, -0.15) is 0 Å². The molecule has 0 aromatic heterocycles. The maximum Gasteiger partial charge on any atom is 0.289 e. The lowest BCUT2D eigenvalue weighted by Crippen LogP contribution is -2.59. The van der Waals surface area contributed by atoms with E-state index < -0.39 is 52.6 Å². The van der Waals surface area contributed by atoms with Crippen LogP contribution in [-0.4, -0.2) is 91.1 Å². The van der Waals surface area contributed by atoms with E-state index in [-0.39, 0.29) is 49.6 Å². The number of methoxy groups -OCH3 is 2. The number of carbonyl (C=O) groups excluding carboxylic acids is 5. The van der Waals surface area contributed by atoms with Crippen molar-refractivity contribution in [3.8, 4) is 11.5 Å². The van der Waals surface area contributed by atoms with Gasteiger partial charge in [0.25, 0.3) is 5.91 Å². The molecule has 1 spiro atoms. The van der Waals surface area contributed by atoms with Crippen LogP contribution in [0.2, 0.25) is 0 Å². The minimum absolute atomic E-state index is 0.00442. The van der Waals surface area contributed by atoms with Crippen LogP contribution < -0.4 is 25.4 Å². The highest BCUT2D eigenvalue weighted by Crippen LogP contribution is 2.48. The van der Waals surface area contributed by atoms with Gasteiger partial charge in [0.1, 0.15) is 23.6 Å². The highest BCUT2D eigenvalue weighted by Gasteiger charge is 2.56. The summed E-state index contributed by atoms with van der Waals surface area (Å²) in [5.41, 5.74) is 1.43. The molecule has 2 saturated carbocycles. The second-order valence-corrected chi connectivity index (χ2v) is 16.3. The van der Waals surface area contributed by atoms with E-state index in [1.807, 2.05) is 64.1 Å². The third-order valence-electron chi connectivity index (χ3n) is 11.1. The number of oxime groups is 1. The van der Waals surface area contributed by atoms with Crippen molar-refractivity contribution in [3.05, 3.63) is 59.2 Å². The first-order chi connectivity index (χ1) is 25.7. The number of Topliss-reactive ketones (excluding diaryl/α,β-unsaturated/α-hetero) is 1. The van der Waals surface area contributed by atoms with Gasteiger partial charge in [-0.05, 0) is 61.1 Å². The van der Waals surface area contributed by atoms with Gasteiger partial charge in [-0.3, -0.25) is 24.0 Å². The summed E-state index contributed by atoms with van der Waals surface area (Å²) in [5, 5.41) is 12.9. The van der Waals surface area contributed by atoms with Crippen molar-refractivity contribution in [1.82, 2.24) is 20.9 Å². The normalized spacial score (nSPS) is 24.2. The first-order valence-electron chi connectivity index (χ1n) is 18.9. The standard InChI is InChI=1S/C41H53N5O8/c1-8-42-38(50)34(47)29(17-24-14-15-24)43-37(49)31-21-41(20-30(45-54-41)28-16-23(2)32(52-6)19-33(28)53-7)22-46(31)39(51)35(40(3,4)5)44-36(48)27-18-26(27)25-12-10-9-11-13-25/h9-13,16,19,24,26-27,29,31,35H,8,14-15,17-18,20-22H2,1-7H3,(H,42,50)(H,43,49)(H,44,48)/t26-,27+,29-,31-,35+,41+/m0/s1. The number of nitrogens with zero attached hydrogens (tertiary/aromatic N) is 2. The summed E-state index contributed by atoms with van der Waals surface area (Å²) < 4.78 is 11.2. The zero-order valence-corrected chi connectivity index (χ0v) is 32.3. The second-order valence-electron chi connectivity index (χ2n) is 16.3. The molecule has 290 valence electrons. The number of likely N-dealkylation sites (N-methyl/N-ethyl adjacent to an activating group) is 1. The van der Waals surface area contributed by atoms with Crippen molar-refractivity contribution in [1.29, 1.82) is 0 Å². The molecule has 54 heavy (non-hydrogen) atoms. The summed E-state index contributed by atoms with van der Waals surface area (Å²) in [4.78, 5) is 76.5. The minimum Gasteiger partial charge on any atom is -0.496 e. The van der Waals surface area contributed by atoms with Crippen molar-refractivity contribution in [2.24, 2.45) is 22.4 Å². The maximum atomic E-state index is 14.8. The molecule has 3 fully saturated rings. The molecule has 0 radical (unpaired) electrons. The first-order valence-corrected chi connectivity index (χ1v) is 18.9. The Balaban J connectivity index is 1.28. The predicted molar refractivity (Wildman–Crippen MR) is 201 cm³/mol. The SMILES string of the molecule is CCNC(=O)C(=O)[C@H](CC1CC1)NC(=O)[C@@H]1C[C@]2(CC(c3cc(C)c(OC)cc3OC)=NO2)CN1C(=O)[C@@H](NC(=O)[C@@H]1C[C@H]1c1ccccc1)C(C)(C)C. The van der Waals surface area contributed by atoms with E-state index in [0.29, 0.717) is 35.6 Å². The number of benzene rings is 2. The summed E-state index contributed by atoms with van der Waals surface area (Å²) in [6, 6.07) is 10.4. The average molecular weight is 744 g/mol. The van der Waals surface area contributed by atoms with E-state index in [1.54, 1.807) is 27.2 Å². The van der Waals surface area contributed by atoms with Crippen LogP contribution in [0, 0.1) is 24.2 Å². The molecule has 6 rings (SSSR count). The molecule has 0 bridgehead atoms. The summed E-state index contributed by atoms with van der Waals surface area (Å²) in [6.07, 6.45) is 3.17. The van der Waals surface area contributed by atoms with Crippen molar-refractivity contribution in [2.45, 2.75) is 103 Å². The fraction of sp³-hybridized carbons (Fsp3) is 0.561. The largest absolute Gasteiger partial charge is 0.496 e. The number of nitrogens with one attached hydrogen (secondary N) is 3. The topological polar surface area (TPSA) is 165 Å². The van der Waals surface area contributed by atoms with E-state index in [4.69, 9.17) is 14.3 Å². The number of ether oxygens (including phenoxy) is 2. The van der Waals surface area contributed by atoms with Crippen LogP contribution in [0.5, 0.6) is 11.5 Å². The average Bonchev–Trinajstić information content (AvgIpc) is 4.07. The van der Waals surface area contributed by atoms with Gasteiger partial charge in [0.15, 0.2) is 5.60 Å². The van der Waals surface area contributed by atoms with Gasteiger partial charge in [0, 0.05) is 36.9 Å². The number of carbonyl (C=O) groups is 5. The van der Waals surface area contributed by atoms with Crippen LogP contribution in [0.25, 0.3) is 0 Å². The molecule has 2 aromatic rings. The molecular weight excluding hydrogens is 690 g/mol. The maximum absolute atomic E-state index is 14.8. The van der Waals surface area contributed by atoms with Crippen molar-refractivity contribution in [3.63, 3.8) is 0 Å². The molecule has 2 aliphatic carbocycles. The highest BCUT2D eigenvalue weighted by atomic mass is 16.7. The van der Waals surface area contributed by atoms with Crippen LogP contribution >= 0.6 is 0 Å². The Morgan fingerprint density at radius 3 is 2.33 bits per heavy atom. The van der Waals surface area contributed by atoms with Crippen molar-refractivity contribution in [2.75, 3.05) is 27.3 Å². The third kappa shape index (κ3) is 8.24. The first kappa shape index (κ1) is 38.8. The number of amides is 4. The third-order valence-corrected chi connectivity index (χ3v) is 11.1. The molecule has 1 saturated heterocycles. The summed E-state index contributed by atoms with van der Waals surface area (Å²) in [5.74, 6) is -1.48. The summed E-state index contributed by atoms with van der Waals surface area (Å²) >= 11 is 0. The molecule has 2 heterocycles. The van der Waals surface area contributed by atoms with Gasteiger partial charge in [-0.25, -0.2) is 0 Å². The Hall–Kier alpha value is -4.94. The van der Waals surface area contributed by atoms with E-state index in [2.05, 4.69) is 21.1 Å². The van der Waals surface area contributed by atoms with Crippen LogP contribution in [0.3, 0.4) is 0 Å². The number of ketones is 1. The Morgan fingerprint density at radius 2 is 1.70 bits per heavy atom. The molecule has 2 aromatic carbocycles. The van der Waals surface area contributed by atoms with E-state index in [9.17, 15) is 24.0 Å². The second kappa shape index (κ2) is 15.4. The summed E-state index contributed by atoms with van der Waals surface area (Å²) in [7, 11) is 3.14. The molecule has 4 amide bonds. The van der Waals surface area contributed by atoms with Crippen LogP contribution in [0.15, 0.2) is 47.6 Å². The zero-order chi connectivity index (χ0) is 38.9. The van der Waals surface area contributed by atoms with Crippen molar-refractivity contribution < 1.29 is 38.3 Å². The Labute approximate surface area is 316 Å². The Kier molecular flexibility index (Phi) is 11.1. The fourth-order valence-corrected chi connectivity index (χ4v) is 7.77. The van der Waals surface area contributed by atoms with Crippen LogP contribution in [-0.2, 0) is 28.8 Å². The van der Waals surface area contributed by atoms with Crippen molar-refractivity contribution >= 4 is 35.1 Å². The van der Waals surface area contributed by atoms with Gasteiger partial charge < -0.3 is 35.2 Å². The van der Waals surface area contributed by atoms with Gasteiger partial charge in [-0.1, -0.05) is 69.1 Å². The monoisotopic (exact) mass is 743 g/mol. The molecular formula is C41H53N5O8. The minimum atomic E-state index is -1.08. The number of hydrogen-bond acceptors (Lipinski definition) is 9. The lowest BCUT2D eigenvalue weighted by molar-refractivity contribution is -0.145. The highest BCUT2D eigenvalue weighted by molar-refractivity contribution is 6.38. The van der Waals surface area contributed by atoms with E-state index in [1.165, 1.54) is 4.90 Å². The number of hydrogen-bond donors (Lipinski definition) is 3. The number of likely N-dealkylation sites (tertiary alicyclic amines) is 1. The lowest BCUT2D eigenvalue weighted by atomic mass is 9.85. The molecule has 13 nitrogen and oxygen atoms in total. The van der Waals surface area contributed by atoms with Gasteiger partial charge in [0.05, 0.1) is 32.5 Å².